The summed E-state index contributed by atoms with van der Waals surface area (Å²) in [6.45, 7) is 2.17. The van der Waals surface area contributed by atoms with E-state index in [0.717, 1.165) is 4.90 Å². The molecule has 5 nitrogen and oxygen atoms in total. The van der Waals surface area contributed by atoms with Gasteiger partial charge in [0.1, 0.15) is 11.9 Å². The van der Waals surface area contributed by atoms with Crippen LogP contribution in [0.4, 0.5) is 20.3 Å². The van der Waals surface area contributed by atoms with E-state index >= 15 is 0 Å². The van der Waals surface area contributed by atoms with Crippen LogP contribution in [0.3, 0.4) is 0 Å². The number of alkyl halides is 2. The summed E-state index contributed by atoms with van der Waals surface area (Å²) in [5.41, 5.74) is 1.66. The fourth-order valence-corrected chi connectivity index (χ4v) is 3.84. The van der Waals surface area contributed by atoms with E-state index in [-0.39, 0.29) is 30.5 Å². The van der Waals surface area contributed by atoms with E-state index in [1.54, 1.807) is 29.7 Å². The van der Waals surface area contributed by atoms with Crippen LogP contribution in [0.15, 0.2) is 35.4 Å². The van der Waals surface area contributed by atoms with Gasteiger partial charge in [0.05, 0.1) is 11.1 Å². The van der Waals surface area contributed by atoms with Crippen LogP contribution in [-0.2, 0) is 0 Å². The second-order valence-electron chi connectivity index (χ2n) is 6.99. The number of benzene rings is 1. The van der Waals surface area contributed by atoms with Gasteiger partial charge in [0.15, 0.2) is 0 Å². The largest absolute Gasteiger partial charge is 0.356 e. The van der Waals surface area contributed by atoms with E-state index in [9.17, 15) is 18.8 Å². The van der Waals surface area contributed by atoms with E-state index in [1.165, 1.54) is 6.20 Å². The van der Waals surface area contributed by atoms with Gasteiger partial charge in [-0.1, -0.05) is 6.07 Å². The quantitative estimate of drug-likeness (QED) is 0.721. The highest BCUT2D eigenvalue weighted by atomic mass is 32.2. The number of nitrogens with zero attached hydrogens (tertiary/aromatic N) is 3. The molecule has 0 unspecified atom stereocenters. The van der Waals surface area contributed by atoms with Crippen molar-refractivity contribution in [3.05, 3.63) is 47.2 Å². The van der Waals surface area contributed by atoms with Gasteiger partial charge in [0.2, 0.25) is 5.92 Å². The molecule has 1 fully saturated rings. The molecule has 2 heterocycles. The van der Waals surface area contributed by atoms with Crippen LogP contribution in [0, 0.1) is 18.3 Å². The van der Waals surface area contributed by atoms with E-state index in [4.69, 9.17) is 0 Å². The van der Waals surface area contributed by atoms with Crippen LogP contribution in [0.2, 0.25) is 0 Å². The first kappa shape index (κ1) is 21.1. The lowest BCUT2D eigenvalue weighted by Crippen LogP contribution is -2.30. The lowest BCUT2D eigenvalue weighted by Gasteiger charge is -2.25. The second kappa shape index (κ2) is 8.78. The normalized spacial score (nSPS) is 16.0. The third-order valence-corrected chi connectivity index (χ3v) is 5.74. The summed E-state index contributed by atoms with van der Waals surface area (Å²) in [4.78, 5) is 20.2. The molecule has 3 rings (SSSR count). The SMILES string of the molecule is CSc1cccc(NC(=O)c2c(N3CCCC(F)(F)CC3)ncc(C#N)c2C)c1. The molecule has 0 radical (unpaired) electrons. The molecule has 1 N–H and O–H groups in total. The number of pyridine rings is 1. The van der Waals surface area contributed by atoms with Crippen LogP contribution in [0.5, 0.6) is 0 Å². The summed E-state index contributed by atoms with van der Waals surface area (Å²) in [7, 11) is 0. The van der Waals surface area contributed by atoms with Crippen molar-refractivity contribution in [3.8, 4) is 6.07 Å². The first-order valence-electron chi connectivity index (χ1n) is 9.32. The maximum Gasteiger partial charge on any atom is 0.259 e. The summed E-state index contributed by atoms with van der Waals surface area (Å²) < 4.78 is 27.6. The number of halogens is 2. The van der Waals surface area contributed by atoms with Gasteiger partial charge in [0.25, 0.3) is 5.91 Å². The van der Waals surface area contributed by atoms with Crippen molar-refractivity contribution in [2.45, 2.75) is 37.0 Å². The fourth-order valence-electron chi connectivity index (χ4n) is 3.38. The minimum atomic E-state index is -2.71. The molecule has 1 aliphatic rings. The zero-order chi connectivity index (χ0) is 21.0. The molecule has 1 aliphatic heterocycles. The van der Waals surface area contributed by atoms with Gasteiger partial charge < -0.3 is 10.2 Å². The van der Waals surface area contributed by atoms with E-state index in [2.05, 4.69) is 10.3 Å². The van der Waals surface area contributed by atoms with Crippen molar-refractivity contribution < 1.29 is 13.6 Å². The molecule has 152 valence electrons. The highest BCUT2D eigenvalue weighted by molar-refractivity contribution is 7.98. The molecule has 1 aromatic carbocycles. The van der Waals surface area contributed by atoms with Crippen LogP contribution < -0.4 is 10.2 Å². The Kier molecular flexibility index (Phi) is 6.38. The summed E-state index contributed by atoms with van der Waals surface area (Å²) in [6.07, 6.45) is 3.19. The molecule has 1 saturated heterocycles. The first-order chi connectivity index (χ1) is 13.8. The van der Waals surface area contributed by atoms with Gasteiger partial charge >= 0.3 is 0 Å². The lowest BCUT2D eigenvalue weighted by molar-refractivity contribution is -0.0102. The monoisotopic (exact) mass is 416 g/mol. The molecule has 0 saturated carbocycles. The number of nitriles is 1. The molecule has 8 heteroatoms. The van der Waals surface area contributed by atoms with Crippen molar-refractivity contribution in [1.82, 2.24) is 4.98 Å². The number of carbonyl (C=O) groups is 1. The Balaban J connectivity index is 1.97. The summed E-state index contributed by atoms with van der Waals surface area (Å²) in [5, 5.41) is 12.2. The van der Waals surface area contributed by atoms with Gasteiger partial charge in [-0.25, -0.2) is 13.8 Å². The molecule has 0 aliphatic carbocycles. The average molecular weight is 416 g/mol. The maximum atomic E-state index is 13.8. The van der Waals surface area contributed by atoms with E-state index in [0.29, 0.717) is 30.0 Å². The summed E-state index contributed by atoms with van der Waals surface area (Å²) in [5.74, 6) is -2.77. The Morgan fingerprint density at radius 3 is 2.86 bits per heavy atom. The minimum absolute atomic E-state index is 0.105. The predicted octanol–water partition coefficient (Wildman–Crippen LogP) is 4.86. The molecule has 1 amide bonds. The van der Waals surface area contributed by atoms with Gasteiger partial charge in [0, 0.05) is 42.7 Å². The smallest absolute Gasteiger partial charge is 0.259 e. The van der Waals surface area contributed by atoms with Crippen molar-refractivity contribution in [2.24, 2.45) is 0 Å². The Bertz CT molecular complexity index is 958. The zero-order valence-electron chi connectivity index (χ0n) is 16.3. The van der Waals surface area contributed by atoms with Crippen molar-refractivity contribution in [1.29, 1.82) is 5.26 Å². The number of nitrogens with one attached hydrogen (secondary N) is 1. The van der Waals surface area contributed by atoms with E-state index in [1.807, 2.05) is 30.5 Å². The topological polar surface area (TPSA) is 69.0 Å². The van der Waals surface area contributed by atoms with Crippen molar-refractivity contribution in [3.63, 3.8) is 0 Å². The van der Waals surface area contributed by atoms with Crippen LogP contribution in [0.1, 0.15) is 40.7 Å². The minimum Gasteiger partial charge on any atom is -0.356 e. The molecular weight excluding hydrogens is 394 g/mol. The highest BCUT2D eigenvalue weighted by Gasteiger charge is 2.33. The molecule has 1 aromatic heterocycles. The van der Waals surface area contributed by atoms with Gasteiger partial charge in [-0.2, -0.15) is 5.26 Å². The average Bonchev–Trinajstić information content (AvgIpc) is 2.88. The number of thioether (sulfide) groups is 1. The van der Waals surface area contributed by atoms with Crippen molar-refractivity contribution in [2.75, 3.05) is 29.6 Å². The number of carbonyl (C=O) groups excluding carboxylic acids is 1. The summed E-state index contributed by atoms with van der Waals surface area (Å²) in [6, 6.07) is 9.46. The fraction of sp³-hybridized carbons (Fsp3) is 0.381. The van der Waals surface area contributed by atoms with Gasteiger partial charge in [-0.3, -0.25) is 4.79 Å². The van der Waals surface area contributed by atoms with Crippen LogP contribution in [-0.4, -0.2) is 36.2 Å². The molecule has 0 spiro atoms. The Labute approximate surface area is 173 Å². The number of hydrogen-bond donors (Lipinski definition) is 1. The molecule has 2 aromatic rings. The molecule has 0 bridgehead atoms. The maximum absolute atomic E-state index is 13.8. The lowest BCUT2D eigenvalue weighted by atomic mass is 10.0. The number of amides is 1. The number of hydrogen-bond acceptors (Lipinski definition) is 5. The third kappa shape index (κ3) is 4.85. The van der Waals surface area contributed by atoms with Crippen molar-refractivity contribution >= 4 is 29.2 Å². The number of rotatable bonds is 4. The van der Waals surface area contributed by atoms with E-state index < -0.39 is 11.8 Å². The second-order valence-corrected chi connectivity index (χ2v) is 7.87. The number of aromatic nitrogens is 1. The first-order valence-corrected chi connectivity index (χ1v) is 10.5. The Hall–Kier alpha value is -2.66. The van der Waals surface area contributed by atoms with Crippen LogP contribution >= 0.6 is 11.8 Å². The highest BCUT2D eigenvalue weighted by Crippen LogP contribution is 2.32. The van der Waals surface area contributed by atoms with Gasteiger partial charge in [-0.05, 0) is 43.4 Å². The predicted molar refractivity (Wildman–Crippen MR) is 111 cm³/mol. The zero-order valence-corrected chi connectivity index (χ0v) is 17.2. The van der Waals surface area contributed by atoms with Crippen LogP contribution in [0.25, 0.3) is 0 Å². The number of anilines is 2. The molecule has 29 heavy (non-hydrogen) atoms. The Morgan fingerprint density at radius 1 is 1.34 bits per heavy atom. The van der Waals surface area contributed by atoms with Gasteiger partial charge in [-0.15, -0.1) is 11.8 Å². The summed E-state index contributed by atoms with van der Waals surface area (Å²) >= 11 is 1.56. The molecular formula is C21H22F2N4OS. The molecule has 0 atom stereocenters. The third-order valence-electron chi connectivity index (χ3n) is 5.01. The Morgan fingerprint density at radius 2 is 2.14 bits per heavy atom. The standard InChI is InChI=1S/C21H22F2N4OS/c1-14-15(12-24)13-25-19(27-9-4-7-21(22,23)8-10-27)18(14)20(28)26-16-5-3-6-17(11-16)29-2/h3,5-6,11,13H,4,7-10H2,1-2H3,(H,26,28).